The van der Waals surface area contributed by atoms with Crippen LogP contribution in [0.4, 0.5) is 0 Å². The van der Waals surface area contributed by atoms with Crippen LogP contribution >= 0.6 is 11.8 Å². The topological polar surface area (TPSA) is 21.3 Å². The maximum atomic E-state index is 5.15. The number of hydrogen-bond acceptors (Lipinski definition) is 3. The highest BCUT2D eigenvalue weighted by atomic mass is 32.2. The number of aryl methyl sites for hydroxylation is 1. The summed E-state index contributed by atoms with van der Waals surface area (Å²) in [7, 11) is 1.77. The van der Waals surface area contributed by atoms with Crippen molar-refractivity contribution in [2.24, 2.45) is 0 Å². The summed E-state index contributed by atoms with van der Waals surface area (Å²) in [5.74, 6) is 1.05. The highest BCUT2D eigenvalue weighted by Crippen LogP contribution is 2.26. The molecule has 114 valence electrons. The first-order valence-corrected chi connectivity index (χ1v) is 8.70. The van der Waals surface area contributed by atoms with Crippen molar-refractivity contribution in [2.75, 3.05) is 26.0 Å². The molecule has 0 aromatic heterocycles. The molecule has 0 fully saturated rings. The van der Waals surface area contributed by atoms with Gasteiger partial charge in [0.1, 0.15) is 0 Å². The molecule has 0 heterocycles. The van der Waals surface area contributed by atoms with E-state index in [4.69, 9.17) is 4.74 Å². The van der Waals surface area contributed by atoms with E-state index in [2.05, 4.69) is 50.4 Å². The minimum Gasteiger partial charge on any atom is -0.384 e. The van der Waals surface area contributed by atoms with Gasteiger partial charge in [0, 0.05) is 24.2 Å². The monoisotopic (exact) mass is 295 g/mol. The first-order valence-electron chi connectivity index (χ1n) is 7.65. The van der Waals surface area contributed by atoms with Crippen LogP contribution in [0.25, 0.3) is 0 Å². The van der Waals surface area contributed by atoms with Gasteiger partial charge in [0.2, 0.25) is 0 Å². The molecule has 0 radical (unpaired) electrons. The molecule has 2 atom stereocenters. The van der Waals surface area contributed by atoms with Crippen molar-refractivity contribution >= 4 is 11.8 Å². The van der Waals surface area contributed by atoms with Gasteiger partial charge in [0.05, 0.1) is 6.61 Å². The van der Waals surface area contributed by atoms with Crippen LogP contribution < -0.4 is 5.32 Å². The van der Waals surface area contributed by atoms with Gasteiger partial charge in [-0.05, 0) is 30.5 Å². The first-order chi connectivity index (χ1) is 9.72. The summed E-state index contributed by atoms with van der Waals surface area (Å²) in [6.07, 6.45) is 2.27. The van der Waals surface area contributed by atoms with Gasteiger partial charge in [-0.1, -0.05) is 45.0 Å². The van der Waals surface area contributed by atoms with E-state index in [1.54, 1.807) is 7.11 Å². The molecule has 1 aromatic rings. The van der Waals surface area contributed by atoms with Crippen molar-refractivity contribution in [3.8, 4) is 0 Å². The van der Waals surface area contributed by atoms with Gasteiger partial charge in [-0.25, -0.2) is 0 Å². The van der Waals surface area contributed by atoms with E-state index in [0.717, 1.165) is 25.3 Å². The summed E-state index contributed by atoms with van der Waals surface area (Å²) in [5, 5.41) is 4.23. The summed E-state index contributed by atoms with van der Waals surface area (Å²) in [6, 6.07) is 9.48. The molecular weight excluding hydrogens is 266 g/mol. The maximum absolute atomic E-state index is 5.15. The van der Waals surface area contributed by atoms with Crippen LogP contribution in [-0.4, -0.2) is 31.3 Å². The minimum atomic E-state index is 0.419. The van der Waals surface area contributed by atoms with Gasteiger partial charge < -0.3 is 10.1 Å². The van der Waals surface area contributed by atoms with E-state index in [0.29, 0.717) is 11.3 Å². The van der Waals surface area contributed by atoms with Crippen LogP contribution in [0.1, 0.15) is 44.4 Å². The van der Waals surface area contributed by atoms with Crippen LogP contribution in [0, 0.1) is 0 Å². The molecule has 0 aliphatic rings. The molecule has 1 rings (SSSR count). The molecule has 2 nitrogen and oxygen atoms in total. The van der Waals surface area contributed by atoms with Gasteiger partial charge in [-0.15, -0.1) is 0 Å². The molecule has 1 aromatic carbocycles. The van der Waals surface area contributed by atoms with Crippen LogP contribution in [0.15, 0.2) is 24.3 Å². The Kier molecular flexibility index (Phi) is 8.99. The Hall–Kier alpha value is -0.510. The SMILES string of the molecule is CCCNC(c1ccc(CC)cc1)C(C)SCCOC. The third kappa shape index (κ3) is 5.86. The summed E-state index contributed by atoms with van der Waals surface area (Å²) < 4.78 is 5.15. The molecule has 2 unspecified atom stereocenters. The van der Waals surface area contributed by atoms with Crippen molar-refractivity contribution < 1.29 is 4.74 Å². The second-order valence-electron chi connectivity index (χ2n) is 5.10. The normalized spacial score (nSPS) is 14.2. The fraction of sp³-hybridized carbons (Fsp3) is 0.647. The lowest BCUT2D eigenvalue weighted by Crippen LogP contribution is -2.29. The Bertz CT molecular complexity index is 353. The van der Waals surface area contributed by atoms with Crippen molar-refractivity contribution in [3.63, 3.8) is 0 Å². The van der Waals surface area contributed by atoms with Gasteiger partial charge in [0.15, 0.2) is 0 Å². The molecule has 0 aliphatic carbocycles. The second kappa shape index (κ2) is 10.3. The molecule has 0 amide bonds. The van der Waals surface area contributed by atoms with E-state index in [1.807, 2.05) is 11.8 Å². The third-order valence-electron chi connectivity index (χ3n) is 3.50. The molecule has 0 saturated carbocycles. The first kappa shape index (κ1) is 17.5. The lowest BCUT2D eigenvalue weighted by molar-refractivity contribution is 0.218. The number of methoxy groups -OCH3 is 1. The maximum Gasteiger partial charge on any atom is 0.0553 e. The van der Waals surface area contributed by atoms with Gasteiger partial charge in [-0.3, -0.25) is 0 Å². The second-order valence-corrected chi connectivity index (χ2v) is 6.58. The van der Waals surface area contributed by atoms with E-state index in [-0.39, 0.29) is 0 Å². The summed E-state index contributed by atoms with van der Waals surface area (Å²) in [4.78, 5) is 0. The zero-order valence-electron chi connectivity index (χ0n) is 13.3. The Labute approximate surface area is 128 Å². The van der Waals surface area contributed by atoms with Crippen molar-refractivity contribution in [1.82, 2.24) is 5.32 Å². The third-order valence-corrected chi connectivity index (χ3v) is 4.70. The Balaban J connectivity index is 2.70. The zero-order chi connectivity index (χ0) is 14.8. The lowest BCUT2D eigenvalue weighted by Gasteiger charge is -2.25. The Morgan fingerprint density at radius 2 is 1.90 bits per heavy atom. The molecule has 1 N–H and O–H groups in total. The predicted octanol–water partition coefficient (Wildman–Crippen LogP) is 4.06. The summed E-state index contributed by atoms with van der Waals surface area (Å²) in [5.41, 5.74) is 2.80. The lowest BCUT2D eigenvalue weighted by atomic mass is 10.0. The summed E-state index contributed by atoms with van der Waals surface area (Å²) in [6.45, 7) is 8.61. The van der Waals surface area contributed by atoms with Crippen LogP contribution in [-0.2, 0) is 11.2 Å². The average Bonchev–Trinajstić information content (AvgIpc) is 2.48. The van der Waals surface area contributed by atoms with Crippen LogP contribution in [0.5, 0.6) is 0 Å². The molecule has 3 heteroatoms. The Morgan fingerprint density at radius 1 is 1.20 bits per heavy atom. The standard InChI is InChI=1S/C17H29NOS/c1-5-11-18-17(14(3)20-13-12-19-4)16-9-7-15(6-2)8-10-16/h7-10,14,17-18H,5-6,11-13H2,1-4H3. The zero-order valence-corrected chi connectivity index (χ0v) is 14.1. The van der Waals surface area contributed by atoms with E-state index in [9.17, 15) is 0 Å². The largest absolute Gasteiger partial charge is 0.384 e. The smallest absolute Gasteiger partial charge is 0.0553 e. The van der Waals surface area contributed by atoms with E-state index in [1.165, 1.54) is 17.5 Å². The fourth-order valence-electron chi connectivity index (χ4n) is 2.23. The van der Waals surface area contributed by atoms with Gasteiger partial charge in [0.25, 0.3) is 0 Å². The number of rotatable bonds is 10. The van der Waals surface area contributed by atoms with E-state index >= 15 is 0 Å². The minimum absolute atomic E-state index is 0.419. The number of benzene rings is 1. The predicted molar refractivity (Wildman–Crippen MR) is 90.7 cm³/mol. The number of nitrogens with one attached hydrogen (secondary N) is 1. The molecule has 0 saturated heterocycles. The molecule has 20 heavy (non-hydrogen) atoms. The molecule has 0 aliphatic heterocycles. The van der Waals surface area contributed by atoms with Crippen LogP contribution in [0.3, 0.4) is 0 Å². The van der Waals surface area contributed by atoms with Crippen LogP contribution in [0.2, 0.25) is 0 Å². The highest BCUT2D eigenvalue weighted by Gasteiger charge is 2.18. The highest BCUT2D eigenvalue weighted by molar-refractivity contribution is 7.99. The quantitative estimate of drug-likeness (QED) is 0.658. The van der Waals surface area contributed by atoms with Crippen molar-refractivity contribution in [1.29, 1.82) is 0 Å². The number of thioether (sulfide) groups is 1. The summed E-state index contributed by atoms with van der Waals surface area (Å²) >= 11 is 1.98. The van der Waals surface area contributed by atoms with E-state index < -0.39 is 0 Å². The number of hydrogen-bond donors (Lipinski definition) is 1. The van der Waals surface area contributed by atoms with Gasteiger partial charge in [-0.2, -0.15) is 11.8 Å². The fourth-order valence-corrected chi connectivity index (χ4v) is 3.31. The van der Waals surface area contributed by atoms with Gasteiger partial charge >= 0.3 is 0 Å². The van der Waals surface area contributed by atoms with Crippen molar-refractivity contribution in [3.05, 3.63) is 35.4 Å². The molecular formula is C17H29NOS. The number of ether oxygens (including phenoxy) is 1. The Morgan fingerprint density at radius 3 is 2.45 bits per heavy atom. The average molecular weight is 295 g/mol. The molecule has 0 bridgehead atoms. The van der Waals surface area contributed by atoms with Crippen molar-refractivity contribution in [2.45, 2.75) is 44.9 Å². The molecule has 0 spiro atoms.